The van der Waals surface area contributed by atoms with E-state index in [0.29, 0.717) is 17.1 Å². The summed E-state index contributed by atoms with van der Waals surface area (Å²) in [4.78, 5) is 25.8. The third kappa shape index (κ3) is 5.11. The van der Waals surface area contributed by atoms with E-state index in [2.05, 4.69) is 5.32 Å². The van der Waals surface area contributed by atoms with Crippen LogP contribution in [-0.2, 0) is 9.59 Å². The first kappa shape index (κ1) is 20.5. The van der Waals surface area contributed by atoms with Gasteiger partial charge in [0.25, 0.3) is 5.91 Å². The molecule has 0 radical (unpaired) electrons. The Morgan fingerprint density at radius 1 is 1.25 bits per heavy atom. The molecule has 7 nitrogen and oxygen atoms in total. The lowest BCUT2D eigenvalue weighted by Gasteiger charge is -2.19. The summed E-state index contributed by atoms with van der Waals surface area (Å²) in [5, 5.41) is 12.2. The molecule has 0 aromatic heterocycles. The molecular formula is C21H22N4O3. The fraction of sp³-hybridized carbons (Fsp3) is 0.190. The van der Waals surface area contributed by atoms with Crippen LogP contribution in [0, 0.1) is 11.3 Å². The third-order valence-corrected chi connectivity index (χ3v) is 4.07. The Bertz CT molecular complexity index is 929. The van der Waals surface area contributed by atoms with E-state index in [0.717, 1.165) is 5.56 Å². The summed E-state index contributed by atoms with van der Waals surface area (Å²) in [5.41, 5.74) is 7.35. The Labute approximate surface area is 164 Å². The van der Waals surface area contributed by atoms with Crippen molar-refractivity contribution >= 4 is 23.2 Å². The van der Waals surface area contributed by atoms with Gasteiger partial charge in [0.05, 0.1) is 18.8 Å². The van der Waals surface area contributed by atoms with Crippen LogP contribution in [0.1, 0.15) is 25.5 Å². The van der Waals surface area contributed by atoms with Gasteiger partial charge in [0.15, 0.2) is 0 Å². The molecule has 2 rings (SSSR count). The van der Waals surface area contributed by atoms with Crippen LogP contribution in [0.5, 0.6) is 5.75 Å². The number of benzene rings is 2. The van der Waals surface area contributed by atoms with Crippen LogP contribution < -0.4 is 20.7 Å². The molecule has 7 heteroatoms. The second-order valence-corrected chi connectivity index (χ2v) is 6.11. The van der Waals surface area contributed by atoms with Crippen molar-refractivity contribution in [2.75, 3.05) is 17.7 Å². The molecule has 0 fully saturated rings. The lowest BCUT2D eigenvalue weighted by Crippen LogP contribution is -2.30. The van der Waals surface area contributed by atoms with Crippen LogP contribution in [0.25, 0.3) is 0 Å². The van der Waals surface area contributed by atoms with E-state index >= 15 is 0 Å². The molecule has 1 unspecified atom stereocenters. The molecule has 0 aliphatic rings. The van der Waals surface area contributed by atoms with Crippen molar-refractivity contribution in [2.24, 2.45) is 0 Å². The second-order valence-electron chi connectivity index (χ2n) is 6.11. The van der Waals surface area contributed by atoms with Crippen LogP contribution >= 0.6 is 0 Å². The maximum atomic E-state index is 12.5. The Morgan fingerprint density at radius 3 is 2.46 bits per heavy atom. The molecule has 2 aromatic carbocycles. The summed E-state index contributed by atoms with van der Waals surface area (Å²) in [6, 6.07) is 15.4. The quantitative estimate of drug-likeness (QED) is 0.456. The maximum absolute atomic E-state index is 12.5. The predicted octanol–water partition coefficient (Wildman–Crippen LogP) is 2.92. The Balaban J connectivity index is 2.22. The molecule has 0 bridgehead atoms. The van der Waals surface area contributed by atoms with Crippen molar-refractivity contribution in [3.8, 4) is 11.8 Å². The van der Waals surface area contributed by atoms with E-state index in [1.54, 1.807) is 50.4 Å². The van der Waals surface area contributed by atoms with Gasteiger partial charge in [-0.2, -0.15) is 5.26 Å². The summed E-state index contributed by atoms with van der Waals surface area (Å²) in [6.07, 6.45) is 1.22. The zero-order valence-corrected chi connectivity index (χ0v) is 16.0. The second kappa shape index (κ2) is 9.24. The van der Waals surface area contributed by atoms with Gasteiger partial charge in [-0.15, -0.1) is 0 Å². The maximum Gasteiger partial charge on any atom is 0.263 e. The third-order valence-electron chi connectivity index (χ3n) is 4.07. The molecule has 1 atom stereocenters. The zero-order chi connectivity index (χ0) is 20.7. The average molecular weight is 378 g/mol. The standard InChI is InChI=1S/C21H22N4O3/c1-14(16-7-9-20(28-3)10-8-16)24-21(27)17(12-22)13-25(15(2)26)19-6-4-5-18(23)11-19/h4-11,13-14H,23H2,1-3H3,(H,24,27)/b17-13-. The number of methoxy groups -OCH3 is 1. The molecule has 0 aliphatic heterocycles. The van der Waals surface area contributed by atoms with Gasteiger partial charge in [-0.25, -0.2) is 0 Å². The first-order valence-electron chi connectivity index (χ1n) is 8.57. The summed E-state index contributed by atoms with van der Waals surface area (Å²) >= 11 is 0. The van der Waals surface area contributed by atoms with E-state index in [4.69, 9.17) is 10.5 Å². The first-order valence-corrected chi connectivity index (χ1v) is 8.57. The predicted molar refractivity (Wildman–Crippen MR) is 107 cm³/mol. The van der Waals surface area contributed by atoms with Crippen molar-refractivity contribution in [1.82, 2.24) is 5.32 Å². The Morgan fingerprint density at radius 2 is 1.93 bits per heavy atom. The van der Waals surface area contributed by atoms with Crippen molar-refractivity contribution < 1.29 is 14.3 Å². The highest BCUT2D eigenvalue weighted by Crippen LogP contribution is 2.20. The summed E-state index contributed by atoms with van der Waals surface area (Å²) in [6.45, 7) is 3.14. The summed E-state index contributed by atoms with van der Waals surface area (Å²) in [7, 11) is 1.57. The minimum absolute atomic E-state index is 0.196. The number of nitrogen functional groups attached to an aromatic ring is 1. The highest BCUT2D eigenvalue weighted by atomic mass is 16.5. The number of carbonyl (C=O) groups is 2. The number of nitriles is 1. The largest absolute Gasteiger partial charge is 0.497 e. The zero-order valence-electron chi connectivity index (χ0n) is 16.0. The van der Waals surface area contributed by atoms with Gasteiger partial charge in [-0.3, -0.25) is 14.5 Å². The molecule has 0 saturated carbocycles. The number of hydrogen-bond acceptors (Lipinski definition) is 5. The summed E-state index contributed by atoms with van der Waals surface area (Å²) < 4.78 is 5.12. The minimum Gasteiger partial charge on any atom is -0.497 e. The Hall–Kier alpha value is -3.79. The lowest BCUT2D eigenvalue weighted by atomic mass is 10.1. The molecule has 0 saturated heterocycles. The van der Waals surface area contributed by atoms with Crippen molar-refractivity contribution in [3.63, 3.8) is 0 Å². The molecular weight excluding hydrogens is 356 g/mol. The van der Waals surface area contributed by atoms with Gasteiger partial charge in [-0.1, -0.05) is 18.2 Å². The lowest BCUT2D eigenvalue weighted by molar-refractivity contribution is -0.117. The van der Waals surface area contributed by atoms with Crippen LogP contribution in [0.4, 0.5) is 11.4 Å². The van der Waals surface area contributed by atoms with E-state index < -0.39 is 5.91 Å². The minimum atomic E-state index is -0.582. The van der Waals surface area contributed by atoms with Crippen molar-refractivity contribution in [1.29, 1.82) is 5.26 Å². The van der Waals surface area contributed by atoms with Gasteiger partial charge in [0.2, 0.25) is 5.91 Å². The average Bonchev–Trinajstić information content (AvgIpc) is 2.68. The number of hydrogen-bond donors (Lipinski definition) is 2. The normalized spacial score (nSPS) is 11.9. The van der Waals surface area contributed by atoms with Crippen LogP contribution in [0.15, 0.2) is 60.3 Å². The molecule has 2 aromatic rings. The van der Waals surface area contributed by atoms with Gasteiger partial charge in [0.1, 0.15) is 17.4 Å². The van der Waals surface area contributed by atoms with E-state index in [1.807, 2.05) is 18.2 Å². The molecule has 0 spiro atoms. The van der Waals surface area contributed by atoms with Crippen LogP contribution in [0.3, 0.4) is 0 Å². The van der Waals surface area contributed by atoms with Gasteiger partial charge < -0.3 is 15.8 Å². The van der Waals surface area contributed by atoms with Gasteiger partial charge in [-0.05, 0) is 42.8 Å². The molecule has 2 amide bonds. The fourth-order valence-electron chi connectivity index (χ4n) is 2.54. The molecule has 28 heavy (non-hydrogen) atoms. The van der Waals surface area contributed by atoms with Crippen molar-refractivity contribution in [3.05, 3.63) is 65.9 Å². The molecule has 0 heterocycles. The number of ether oxygens (including phenoxy) is 1. The summed E-state index contributed by atoms with van der Waals surface area (Å²) in [5.74, 6) is -0.227. The van der Waals surface area contributed by atoms with Gasteiger partial charge in [0, 0.05) is 18.8 Å². The number of nitrogens with two attached hydrogens (primary N) is 1. The Kier molecular flexibility index (Phi) is 6.77. The number of rotatable bonds is 6. The fourth-order valence-corrected chi connectivity index (χ4v) is 2.54. The van der Waals surface area contributed by atoms with E-state index in [9.17, 15) is 14.9 Å². The molecule has 3 N–H and O–H groups in total. The van der Waals surface area contributed by atoms with E-state index in [-0.39, 0.29) is 17.5 Å². The smallest absolute Gasteiger partial charge is 0.263 e. The van der Waals surface area contributed by atoms with Crippen LogP contribution in [0.2, 0.25) is 0 Å². The van der Waals surface area contributed by atoms with E-state index in [1.165, 1.54) is 18.0 Å². The van der Waals surface area contributed by atoms with Crippen molar-refractivity contribution in [2.45, 2.75) is 19.9 Å². The number of nitrogens with zero attached hydrogens (tertiary/aromatic N) is 2. The number of amides is 2. The SMILES string of the molecule is COc1ccc(C(C)NC(=O)/C(C#N)=C\N(C(C)=O)c2cccc(N)c2)cc1. The number of nitrogens with one attached hydrogen (secondary N) is 1. The highest BCUT2D eigenvalue weighted by molar-refractivity contribution is 6.01. The topological polar surface area (TPSA) is 108 Å². The molecule has 0 aliphatic carbocycles. The van der Waals surface area contributed by atoms with Crippen LogP contribution in [-0.4, -0.2) is 18.9 Å². The van der Waals surface area contributed by atoms with Gasteiger partial charge >= 0.3 is 0 Å². The first-order chi connectivity index (χ1) is 13.3. The number of anilines is 2. The highest BCUT2D eigenvalue weighted by Gasteiger charge is 2.17. The molecule has 144 valence electrons. The number of carbonyl (C=O) groups excluding carboxylic acids is 2. The monoisotopic (exact) mass is 378 g/mol.